The van der Waals surface area contributed by atoms with Crippen LogP contribution in [0.4, 0.5) is 0 Å². The van der Waals surface area contributed by atoms with Gasteiger partial charge in [0.1, 0.15) is 0 Å². The maximum absolute atomic E-state index is 3.73. The third-order valence-electron chi connectivity index (χ3n) is 0.664. The summed E-state index contributed by atoms with van der Waals surface area (Å²) in [6.45, 7) is 1.87. The van der Waals surface area contributed by atoms with Gasteiger partial charge in [-0.3, -0.25) is 0 Å². The van der Waals surface area contributed by atoms with Crippen LogP contribution < -0.4 is 0 Å². The smallest absolute Gasteiger partial charge is 0.151 e. The van der Waals surface area contributed by atoms with Crippen molar-refractivity contribution >= 4 is 28.3 Å². The van der Waals surface area contributed by atoms with Gasteiger partial charge in [0.25, 0.3) is 0 Å². The number of aromatic nitrogens is 3. The monoisotopic (exact) mass is 197 g/mol. The molecule has 0 aliphatic carbocycles. The normalized spacial score (nSPS) is 8.25. The van der Waals surface area contributed by atoms with Crippen LogP contribution in [-0.2, 0) is 0 Å². The molecule has 3 nitrogen and oxygen atoms in total. The molecule has 1 aromatic heterocycles. The average molecular weight is 198 g/mol. The number of hydrogen-bond acceptors (Lipinski definition) is 2. The van der Waals surface area contributed by atoms with E-state index < -0.39 is 0 Å². The highest BCUT2D eigenvalue weighted by Gasteiger charge is 1.92. The van der Waals surface area contributed by atoms with Crippen molar-refractivity contribution in [3.05, 3.63) is 10.3 Å². The third-order valence-corrected chi connectivity index (χ3v) is 1.42. The van der Waals surface area contributed by atoms with Gasteiger partial charge in [-0.15, -0.1) is 17.5 Å². The number of rotatable bonds is 0. The number of H-pyrrole nitrogens is 1. The fourth-order valence-electron chi connectivity index (χ4n) is 0.271. The largest absolute Gasteiger partial charge is 0.197 e. The number of nitrogens with zero attached hydrogens (tertiary/aromatic N) is 2. The van der Waals surface area contributed by atoms with Crippen LogP contribution in [0.25, 0.3) is 0 Å². The second-order valence-electron chi connectivity index (χ2n) is 1.20. The zero-order chi connectivity index (χ0) is 5.28. The van der Waals surface area contributed by atoms with Crippen LogP contribution in [0.3, 0.4) is 0 Å². The van der Waals surface area contributed by atoms with Crippen LogP contribution in [0.15, 0.2) is 4.60 Å². The summed E-state index contributed by atoms with van der Waals surface area (Å²) in [6.07, 6.45) is 0. The summed E-state index contributed by atoms with van der Waals surface area (Å²) in [6, 6.07) is 0. The molecule has 0 spiro atoms. The van der Waals surface area contributed by atoms with E-state index in [0.717, 1.165) is 10.3 Å². The van der Waals surface area contributed by atoms with Crippen molar-refractivity contribution in [3.8, 4) is 0 Å². The van der Waals surface area contributed by atoms with E-state index in [2.05, 4.69) is 31.3 Å². The number of aromatic amines is 1. The van der Waals surface area contributed by atoms with E-state index in [1.807, 2.05) is 6.92 Å². The minimum absolute atomic E-state index is 0. The fraction of sp³-hybridized carbons (Fsp3) is 0.333. The van der Waals surface area contributed by atoms with Crippen molar-refractivity contribution in [2.45, 2.75) is 6.92 Å². The summed E-state index contributed by atoms with van der Waals surface area (Å²) in [5.41, 5.74) is 0.889. The summed E-state index contributed by atoms with van der Waals surface area (Å²) in [5, 5.41) is 9.88. The number of halogens is 2. The number of nitrogens with one attached hydrogen (secondary N) is 1. The van der Waals surface area contributed by atoms with Crippen LogP contribution in [0.1, 0.15) is 5.69 Å². The Morgan fingerprint density at radius 3 is 2.25 bits per heavy atom. The van der Waals surface area contributed by atoms with Gasteiger partial charge in [-0.1, -0.05) is 0 Å². The van der Waals surface area contributed by atoms with Gasteiger partial charge in [0.2, 0.25) is 0 Å². The Balaban J connectivity index is 0.000000490. The van der Waals surface area contributed by atoms with E-state index in [1.54, 1.807) is 0 Å². The first-order chi connectivity index (χ1) is 3.30. The Labute approximate surface area is 61.4 Å². The Bertz CT molecular complexity index is 147. The van der Waals surface area contributed by atoms with Crippen LogP contribution in [0, 0.1) is 6.92 Å². The van der Waals surface area contributed by atoms with E-state index in [1.165, 1.54) is 0 Å². The van der Waals surface area contributed by atoms with Crippen molar-refractivity contribution in [2.24, 2.45) is 0 Å². The minimum atomic E-state index is 0. The lowest BCUT2D eigenvalue weighted by molar-refractivity contribution is 0.924. The molecule has 8 heavy (non-hydrogen) atoms. The molecule has 0 aliphatic heterocycles. The van der Waals surface area contributed by atoms with E-state index in [-0.39, 0.29) is 12.4 Å². The highest BCUT2D eigenvalue weighted by atomic mass is 79.9. The van der Waals surface area contributed by atoms with Crippen LogP contribution >= 0.6 is 28.3 Å². The van der Waals surface area contributed by atoms with Crippen molar-refractivity contribution in [3.63, 3.8) is 0 Å². The molecule has 46 valence electrons. The fourth-order valence-corrected chi connectivity index (χ4v) is 0.439. The Morgan fingerprint density at radius 1 is 1.50 bits per heavy atom. The molecule has 1 heterocycles. The molecule has 0 atom stereocenters. The van der Waals surface area contributed by atoms with Gasteiger partial charge in [0, 0.05) is 0 Å². The molecule has 0 radical (unpaired) electrons. The second kappa shape index (κ2) is 3.04. The number of hydrogen-bond donors (Lipinski definition) is 1. The van der Waals surface area contributed by atoms with Crippen LogP contribution in [0.2, 0.25) is 0 Å². The summed E-state index contributed by atoms with van der Waals surface area (Å²) in [4.78, 5) is 0. The van der Waals surface area contributed by atoms with Crippen molar-refractivity contribution in [1.29, 1.82) is 0 Å². The van der Waals surface area contributed by atoms with Crippen LogP contribution in [0.5, 0.6) is 0 Å². The molecule has 0 aromatic carbocycles. The van der Waals surface area contributed by atoms with Gasteiger partial charge < -0.3 is 0 Å². The first-order valence-electron chi connectivity index (χ1n) is 1.83. The summed E-state index contributed by atoms with van der Waals surface area (Å²) in [7, 11) is 0. The first-order valence-corrected chi connectivity index (χ1v) is 2.63. The summed E-state index contributed by atoms with van der Waals surface area (Å²) < 4.78 is 0.785. The lowest BCUT2D eigenvalue weighted by Crippen LogP contribution is -1.67. The minimum Gasteiger partial charge on any atom is -0.197 e. The topological polar surface area (TPSA) is 41.6 Å². The summed E-state index contributed by atoms with van der Waals surface area (Å²) in [5.74, 6) is 0. The Kier molecular flexibility index (Phi) is 3.01. The SMILES string of the molecule is Cc1n[nH]nc1Br.Cl. The standard InChI is InChI=1S/C3H4BrN3.ClH/c1-2-3(4)6-7-5-2;/h1H3,(H,5,6,7);1H. The highest BCUT2D eigenvalue weighted by Crippen LogP contribution is 2.05. The van der Waals surface area contributed by atoms with Gasteiger partial charge in [0.05, 0.1) is 5.69 Å². The predicted octanol–water partition coefficient (Wildman–Crippen LogP) is 1.30. The molecular weight excluding hydrogens is 193 g/mol. The van der Waals surface area contributed by atoms with Gasteiger partial charge in [-0.2, -0.15) is 10.3 Å². The molecular formula is C3H5BrClN3. The second-order valence-corrected chi connectivity index (χ2v) is 1.95. The zero-order valence-electron chi connectivity index (χ0n) is 4.18. The molecule has 0 saturated heterocycles. The predicted molar refractivity (Wildman–Crippen MR) is 36.1 cm³/mol. The first kappa shape index (κ1) is 7.91. The molecule has 0 fully saturated rings. The van der Waals surface area contributed by atoms with Gasteiger partial charge in [0.15, 0.2) is 4.60 Å². The maximum Gasteiger partial charge on any atom is 0.151 e. The highest BCUT2D eigenvalue weighted by molar-refractivity contribution is 9.10. The Morgan fingerprint density at radius 2 is 2.12 bits per heavy atom. The average Bonchev–Trinajstić information content (AvgIpc) is 1.91. The molecule has 0 amide bonds. The molecule has 1 aromatic rings. The van der Waals surface area contributed by atoms with Gasteiger partial charge >= 0.3 is 0 Å². The molecule has 1 rings (SSSR count). The van der Waals surface area contributed by atoms with Gasteiger partial charge in [-0.25, -0.2) is 0 Å². The molecule has 0 aliphatic rings. The van der Waals surface area contributed by atoms with Crippen LogP contribution in [-0.4, -0.2) is 15.4 Å². The van der Waals surface area contributed by atoms with Crippen molar-refractivity contribution in [2.75, 3.05) is 0 Å². The zero-order valence-corrected chi connectivity index (χ0v) is 6.58. The third kappa shape index (κ3) is 1.45. The molecule has 5 heteroatoms. The van der Waals surface area contributed by atoms with Crippen molar-refractivity contribution < 1.29 is 0 Å². The van der Waals surface area contributed by atoms with Crippen molar-refractivity contribution in [1.82, 2.24) is 15.4 Å². The number of aryl methyl sites for hydroxylation is 1. The van der Waals surface area contributed by atoms with E-state index in [0.29, 0.717) is 0 Å². The van der Waals surface area contributed by atoms with E-state index >= 15 is 0 Å². The molecule has 0 saturated carbocycles. The quantitative estimate of drug-likeness (QED) is 0.683. The lowest BCUT2D eigenvalue weighted by atomic mass is 10.6. The van der Waals surface area contributed by atoms with Gasteiger partial charge in [-0.05, 0) is 22.9 Å². The lowest BCUT2D eigenvalue weighted by Gasteiger charge is -1.71. The summed E-state index contributed by atoms with van der Waals surface area (Å²) >= 11 is 3.16. The Hall–Kier alpha value is -0.0900. The van der Waals surface area contributed by atoms with E-state index in [9.17, 15) is 0 Å². The molecule has 0 bridgehead atoms. The molecule has 1 N–H and O–H groups in total. The van der Waals surface area contributed by atoms with E-state index in [4.69, 9.17) is 0 Å². The molecule has 0 unspecified atom stereocenters. The maximum atomic E-state index is 3.73.